The lowest BCUT2D eigenvalue weighted by molar-refractivity contribution is 0.632. The number of hydrogen-bond acceptors (Lipinski definition) is 0. The molecule has 2 unspecified atom stereocenters. The molecule has 0 aliphatic heterocycles. The van der Waals surface area contributed by atoms with E-state index in [9.17, 15) is 0 Å². The second kappa shape index (κ2) is 4.16. The molecule has 1 aliphatic carbocycles. The van der Waals surface area contributed by atoms with E-state index in [0.29, 0.717) is 11.8 Å². The maximum Gasteiger partial charge on any atom is 0.0410 e. The quantitative estimate of drug-likeness (QED) is 0.408. The van der Waals surface area contributed by atoms with Crippen molar-refractivity contribution in [1.29, 1.82) is 0 Å². The summed E-state index contributed by atoms with van der Waals surface area (Å²) in [6, 6.07) is 0. The van der Waals surface area contributed by atoms with E-state index >= 15 is 0 Å². The maximum atomic E-state index is 4.08. The van der Waals surface area contributed by atoms with Crippen molar-refractivity contribution in [2.75, 3.05) is 0 Å². The van der Waals surface area contributed by atoms with Crippen LogP contribution in [0.2, 0.25) is 0 Å². The van der Waals surface area contributed by atoms with Crippen LogP contribution < -0.4 is 0 Å². The summed E-state index contributed by atoms with van der Waals surface area (Å²) < 4.78 is 0. The Morgan fingerprint density at radius 2 is 2.42 bits per heavy atom. The van der Waals surface area contributed by atoms with Crippen molar-refractivity contribution in [3.63, 3.8) is 0 Å². The Kier molecular flexibility index (Phi) is 3.17. The van der Waals surface area contributed by atoms with Crippen LogP contribution in [0.3, 0.4) is 0 Å². The largest absolute Gasteiger partial charge is 0.0986 e. The third kappa shape index (κ3) is 2.27. The van der Waals surface area contributed by atoms with E-state index in [1.807, 2.05) is 6.08 Å². The van der Waals surface area contributed by atoms with Gasteiger partial charge in [0, 0.05) is 5.92 Å². The minimum Gasteiger partial charge on any atom is -0.0986 e. The summed E-state index contributed by atoms with van der Waals surface area (Å²) in [5.74, 6) is 7.28. The van der Waals surface area contributed by atoms with Crippen molar-refractivity contribution >= 4 is 0 Å². The van der Waals surface area contributed by atoms with Gasteiger partial charge >= 0.3 is 0 Å². The topological polar surface area (TPSA) is 0 Å². The van der Waals surface area contributed by atoms with Crippen LogP contribution in [-0.4, -0.2) is 0 Å². The Bertz CT molecular complexity index is 247. The molecular formula is C12H16. The highest BCUT2D eigenvalue weighted by Crippen LogP contribution is 2.22. The fourth-order valence-corrected chi connectivity index (χ4v) is 1.48. The van der Waals surface area contributed by atoms with Gasteiger partial charge in [0.15, 0.2) is 0 Å². The first-order chi connectivity index (χ1) is 5.74. The van der Waals surface area contributed by atoms with Crippen molar-refractivity contribution in [3.8, 4) is 11.8 Å². The van der Waals surface area contributed by atoms with Crippen LogP contribution in [0.25, 0.3) is 0 Å². The highest BCUT2D eigenvalue weighted by molar-refractivity contribution is 5.26. The van der Waals surface area contributed by atoms with Gasteiger partial charge in [-0.15, -0.1) is 0 Å². The van der Waals surface area contributed by atoms with Crippen molar-refractivity contribution in [1.82, 2.24) is 0 Å². The molecule has 0 saturated carbocycles. The molecule has 0 heterocycles. The molecule has 12 heavy (non-hydrogen) atoms. The highest BCUT2D eigenvalue weighted by Gasteiger charge is 2.10. The summed E-state index contributed by atoms with van der Waals surface area (Å²) in [7, 11) is 0. The fourth-order valence-electron chi connectivity index (χ4n) is 1.48. The van der Waals surface area contributed by atoms with Crippen LogP contribution >= 0.6 is 0 Å². The van der Waals surface area contributed by atoms with Gasteiger partial charge in [-0.2, -0.15) is 0 Å². The molecule has 0 bridgehead atoms. The predicted octanol–water partition coefficient (Wildman–Crippen LogP) is 3.17. The van der Waals surface area contributed by atoms with Gasteiger partial charge in [0.1, 0.15) is 0 Å². The molecule has 0 saturated heterocycles. The van der Waals surface area contributed by atoms with Crippen LogP contribution in [-0.2, 0) is 0 Å². The normalized spacial score (nSPS) is 28.7. The third-order valence-corrected chi connectivity index (χ3v) is 2.25. The molecule has 0 aromatic carbocycles. The average molecular weight is 160 g/mol. The second-order valence-corrected chi connectivity index (χ2v) is 3.45. The van der Waals surface area contributed by atoms with Crippen molar-refractivity contribution < 1.29 is 0 Å². The van der Waals surface area contributed by atoms with E-state index in [0.717, 1.165) is 12.8 Å². The summed E-state index contributed by atoms with van der Waals surface area (Å²) in [4.78, 5) is 0. The van der Waals surface area contributed by atoms with E-state index in [2.05, 4.69) is 38.3 Å². The minimum absolute atomic E-state index is 0.414. The minimum atomic E-state index is 0.414. The summed E-state index contributed by atoms with van der Waals surface area (Å²) in [6.07, 6.45) is 6.31. The molecule has 0 fully saturated rings. The molecule has 0 N–H and O–H groups in total. The highest BCUT2D eigenvalue weighted by atomic mass is 14.1. The number of rotatable bonds is 1. The van der Waals surface area contributed by atoms with E-state index in [1.165, 1.54) is 5.57 Å². The third-order valence-electron chi connectivity index (χ3n) is 2.25. The van der Waals surface area contributed by atoms with Gasteiger partial charge < -0.3 is 0 Å². The van der Waals surface area contributed by atoms with Crippen molar-refractivity contribution in [2.45, 2.75) is 26.7 Å². The molecule has 1 aliphatic rings. The van der Waals surface area contributed by atoms with Gasteiger partial charge in [-0.05, 0) is 24.8 Å². The molecule has 1 rings (SSSR count). The Morgan fingerprint density at radius 1 is 1.67 bits per heavy atom. The lowest BCUT2D eigenvalue weighted by atomic mass is 9.89. The summed E-state index contributed by atoms with van der Waals surface area (Å²) in [6.45, 7) is 8.46. The molecule has 2 atom stereocenters. The lowest BCUT2D eigenvalue weighted by Crippen LogP contribution is -2.04. The standard InChI is InChI=1S/C12H16/c1-4-12-8-6-5-7-10(2)9-11(12)3/h5,7,10,12H,3-4,9H2,1-2H3. The molecule has 0 aromatic rings. The Morgan fingerprint density at radius 3 is 3.08 bits per heavy atom. The van der Waals surface area contributed by atoms with Crippen LogP contribution in [0, 0.1) is 23.7 Å². The predicted molar refractivity (Wildman–Crippen MR) is 53.6 cm³/mol. The number of allylic oxidation sites excluding steroid dienone is 3. The smallest absolute Gasteiger partial charge is 0.0410 e. The van der Waals surface area contributed by atoms with Gasteiger partial charge in [0.05, 0.1) is 0 Å². The first-order valence-corrected chi connectivity index (χ1v) is 4.59. The Balaban J connectivity index is 2.78. The monoisotopic (exact) mass is 160 g/mol. The van der Waals surface area contributed by atoms with Gasteiger partial charge in [0.25, 0.3) is 0 Å². The summed E-state index contributed by atoms with van der Waals surface area (Å²) in [5, 5.41) is 0. The van der Waals surface area contributed by atoms with E-state index in [1.54, 1.807) is 0 Å². The molecule has 0 spiro atoms. The summed E-state index contributed by atoms with van der Waals surface area (Å²) in [5.41, 5.74) is 1.29. The van der Waals surface area contributed by atoms with Crippen LogP contribution in [0.1, 0.15) is 26.7 Å². The van der Waals surface area contributed by atoms with E-state index < -0.39 is 0 Å². The average Bonchev–Trinajstić information content (AvgIpc) is 2.01. The first-order valence-electron chi connectivity index (χ1n) is 4.59. The van der Waals surface area contributed by atoms with Crippen LogP contribution in [0.5, 0.6) is 0 Å². The zero-order chi connectivity index (χ0) is 8.97. The van der Waals surface area contributed by atoms with E-state index in [-0.39, 0.29) is 0 Å². The molecule has 0 aromatic heterocycles. The Labute approximate surface area is 75.4 Å². The van der Waals surface area contributed by atoms with E-state index in [4.69, 9.17) is 0 Å². The SMILES string of the molecule is C=C1CC(C)C=CC#CC1CC. The van der Waals surface area contributed by atoms with Crippen LogP contribution in [0.15, 0.2) is 24.3 Å². The molecule has 0 heteroatoms. The molecule has 64 valence electrons. The van der Waals surface area contributed by atoms with Crippen molar-refractivity contribution in [2.24, 2.45) is 11.8 Å². The Hall–Kier alpha value is -0.960. The number of hydrogen-bond donors (Lipinski definition) is 0. The van der Waals surface area contributed by atoms with Gasteiger partial charge in [-0.3, -0.25) is 0 Å². The zero-order valence-corrected chi connectivity index (χ0v) is 7.93. The second-order valence-electron chi connectivity index (χ2n) is 3.45. The lowest BCUT2D eigenvalue weighted by Gasteiger charge is -2.15. The fraction of sp³-hybridized carbons (Fsp3) is 0.500. The van der Waals surface area contributed by atoms with Crippen LogP contribution in [0.4, 0.5) is 0 Å². The van der Waals surface area contributed by atoms with Crippen molar-refractivity contribution in [3.05, 3.63) is 24.3 Å². The summed E-state index contributed by atoms with van der Waals surface area (Å²) >= 11 is 0. The molecule has 0 amide bonds. The molecular weight excluding hydrogens is 144 g/mol. The van der Waals surface area contributed by atoms with Gasteiger partial charge in [0.2, 0.25) is 0 Å². The first kappa shape index (κ1) is 9.13. The maximum absolute atomic E-state index is 4.08. The molecule has 0 radical (unpaired) electrons. The van der Waals surface area contributed by atoms with Gasteiger partial charge in [-0.25, -0.2) is 0 Å². The van der Waals surface area contributed by atoms with Gasteiger partial charge in [-0.1, -0.05) is 43.9 Å². The molecule has 0 nitrogen and oxygen atoms in total. The zero-order valence-electron chi connectivity index (χ0n) is 7.93.